The first kappa shape index (κ1) is 14.6. The highest BCUT2D eigenvalue weighted by atomic mass is 16.2. The number of aryl methyl sites for hydroxylation is 1. The fraction of sp³-hybridized carbons (Fsp3) is 0.222. The van der Waals surface area contributed by atoms with Crippen LogP contribution in [0.3, 0.4) is 0 Å². The number of nitrogens with zero attached hydrogens (tertiary/aromatic N) is 3. The molecule has 0 fully saturated rings. The molecule has 4 rings (SSSR count). The fourth-order valence-corrected chi connectivity index (χ4v) is 3.35. The Bertz CT molecular complexity index is 995. The Kier molecular flexibility index (Phi) is 3.37. The summed E-state index contributed by atoms with van der Waals surface area (Å²) in [5, 5.41) is 0.371. The molecule has 2 aromatic heterocycles. The van der Waals surface area contributed by atoms with Crippen molar-refractivity contribution in [2.24, 2.45) is 0 Å². The van der Waals surface area contributed by atoms with Gasteiger partial charge in [0.25, 0.3) is 11.5 Å². The van der Waals surface area contributed by atoms with Crippen LogP contribution < -0.4 is 5.56 Å². The predicted octanol–water partition coefficient (Wildman–Crippen LogP) is 2.08. The summed E-state index contributed by atoms with van der Waals surface area (Å²) in [6.07, 6.45) is 4.66. The number of hydrogen-bond donors (Lipinski definition) is 1. The molecule has 6 heteroatoms. The minimum atomic E-state index is -0.273. The SMILES string of the molecule is CN(C(=O)c1cc2c(=O)[nH]cnc2cn1)C1CCc2ccccc21. The maximum absolute atomic E-state index is 12.8. The largest absolute Gasteiger partial charge is 0.333 e. The van der Waals surface area contributed by atoms with Gasteiger partial charge in [-0.3, -0.25) is 9.59 Å². The second-order valence-electron chi connectivity index (χ2n) is 5.99. The zero-order chi connectivity index (χ0) is 16.7. The number of H-pyrrole nitrogens is 1. The molecule has 1 amide bonds. The van der Waals surface area contributed by atoms with Crippen molar-refractivity contribution in [2.75, 3.05) is 7.05 Å². The van der Waals surface area contributed by atoms with Crippen LogP contribution in [-0.2, 0) is 6.42 Å². The van der Waals surface area contributed by atoms with Gasteiger partial charge in [0.15, 0.2) is 0 Å². The molecule has 1 N–H and O–H groups in total. The topological polar surface area (TPSA) is 79.0 Å². The van der Waals surface area contributed by atoms with E-state index in [1.807, 2.05) is 12.1 Å². The maximum atomic E-state index is 12.8. The summed E-state index contributed by atoms with van der Waals surface area (Å²) in [5.74, 6) is -0.193. The molecule has 0 aliphatic heterocycles. The van der Waals surface area contributed by atoms with Gasteiger partial charge in [-0.25, -0.2) is 9.97 Å². The molecule has 0 bridgehead atoms. The monoisotopic (exact) mass is 320 g/mol. The van der Waals surface area contributed by atoms with Crippen molar-refractivity contribution in [1.29, 1.82) is 0 Å². The highest BCUT2D eigenvalue weighted by molar-refractivity contribution is 5.95. The number of fused-ring (bicyclic) bond motifs is 2. The molecule has 1 aliphatic rings. The number of aromatic nitrogens is 3. The molecule has 1 atom stereocenters. The number of nitrogens with one attached hydrogen (secondary N) is 1. The zero-order valence-corrected chi connectivity index (χ0v) is 13.2. The third-order valence-corrected chi connectivity index (χ3v) is 4.64. The number of amides is 1. The summed E-state index contributed by atoms with van der Waals surface area (Å²) < 4.78 is 0. The molecule has 120 valence electrons. The van der Waals surface area contributed by atoms with Crippen molar-refractivity contribution in [3.63, 3.8) is 0 Å². The smallest absolute Gasteiger partial charge is 0.272 e. The summed E-state index contributed by atoms with van der Waals surface area (Å²) in [6.45, 7) is 0. The van der Waals surface area contributed by atoms with Crippen molar-refractivity contribution >= 4 is 16.8 Å². The van der Waals surface area contributed by atoms with Crippen LogP contribution in [0.25, 0.3) is 10.9 Å². The molecule has 0 radical (unpaired) electrons. The molecular formula is C18H16N4O2. The molecule has 0 saturated carbocycles. The quantitative estimate of drug-likeness (QED) is 0.784. The Morgan fingerprint density at radius 1 is 1.29 bits per heavy atom. The van der Waals surface area contributed by atoms with Gasteiger partial charge in [-0.2, -0.15) is 0 Å². The molecule has 24 heavy (non-hydrogen) atoms. The first-order valence-corrected chi connectivity index (χ1v) is 7.83. The van der Waals surface area contributed by atoms with Crippen molar-refractivity contribution in [1.82, 2.24) is 19.9 Å². The molecule has 1 aliphatic carbocycles. The first-order chi connectivity index (χ1) is 11.6. The predicted molar refractivity (Wildman–Crippen MR) is 89.8 cm³/mol. The van der Waals surface area contributed by atoms with Crippen LogP contribution >= 0.6 is 0 Å². The summed E-state index contributed by atoms with van der Waals surface area (Å²) in [5.41, 5.74) is 2.94. The fourth-order valence-electron chi connectivity index (χ4n) is 3.35. The number of pyridine rings is 1. The van der Waals surface area contributed by atoms with E-state index in [1.165, 1.54) is 29.7 Å². The van der Waals surface area contributed by atoms with Gasteiger partial charge in [0, 0.05) is 7.05 Å². The number of carbonyl (C=O) groups excluding carboxylic acids is 1. The minimum absolute atomic E-state index is 0.0402. The molecule has 0 saturated heterocycles. The maximum Gasteiger partial charge on any atom is 0.272 e. The second kappa shape index (κ2) is 5.56. The van der Waals surface area contributed by atoms with E-state index < -0.39 is 0 Å². The summed E-state index contributed by atoms with van der Waals surface area (Å²) >= 11 is 0. The third-order valence-electron chi connectivity index (χ3n) is 4.64. The van der Waals surface area contributed by atoms with Crippen LogP contribution in [0.2, 0.25) is 0 Å². The van der Waals surface area contributed by atoms with Gasteiger partial charge in [0.1, 0.15) is 5.69 Å². The highest BCUT2D eigenvalue weighted by Gasteiger charge is 2.29. The number of aromatic amines is 1. The molecular weight excluding hydrogens is 304 g/mol. The van der Waals surface area contributed by atoms with Gasteiger partial charge in [0.05, 0.1) is 29.5 Å². The summed E-state index contributed by atoms with van der Waals surface area (Å²) in [7, 11) is 1.79. The van der Waals surface area contributed by atoms with Crippen LogP contribution in [-0.4, -0.2) is 32.8 Å². The van der Waals surface area contributed by atoms with Crippen molar-refractivity contribution in [3.05, 3.63) is 70.0 Å². The normalized spacial score (nSPS) is 16.1. The molecule has 1 unspecified atom stereocenters. The van der Waals surface area contributed by atoms with Crippen molar-refractivity contribution < 1.29 is 4.79 Å². The van der Waals surface area contributed by atoms with E-state index in [2.05, 4.69) is 27.1 Å². The minimum Gasteiger partial charge on any atom is -0.333 e. The highest BCUT2D eigenvalue weighted by Crippen LogP contribution is 2.35. The lowest BCUT2D eigenvalue weighted by molar-refractivity contribution is 0.0725. The summed E-state index contributed by atoms with van der Waals surface area (Å²) in [4.78, 5) is 37.2. The van der Waals surface area contributed by atoms with Crippen LogP contribution in [0.1, 0.15) is 34.1 Å². The molecule has 6 nitrogen and oxygen atoms in total. The van der Waals surface area contributed by atoms with Gasteiger partial charge in [-0.05, 0) is 30.0 Å². The number of benzene rings is 1. The lowest BCUT2D eigenvalue weighted by Gasteiger charge is -2.25. The molecule has 2 heterocycles. The number of rotatable bonds is 2. The first-order valence-electron chi connectivity index (χ1n) is 7.83. The van der Waals surface area contributed by atoms with Gasteiger partial charge in [-0.15, -0.1) is 0 Å². The van der Waals surface area contributed by atoms with E-state index in [9.17, 15) is 9.59 Å². The molecule has 0 spiro atoms. The van der Waals surface area contributed by atoms with Crippen LogP contribution in [0.4, 0.5) is 0 Å². The van der Waals surface area contributed by atoms with E-state index in [0.717, 1.165) is 12.8 Å². The van der Waals surface area contributed by atoms with Gasteiger partial charge >= 0.3 is 0 Å². The van der Waals surface area contributed by atoms with Crippen LogP contribution in [0.15, 0.2) is 47.7 Å². The van der Waals surface area contributed by atoms with Crippen molar-refractivity contribution in [3.8, 4) is 0 Å². The van der Waals surface area contributed by atoms with E-state index in [4.69, 9.17) is 0 Å². The van der Waals surface area contributed by atoms with Crippen LogP contribution in [0, 0.1) is 0 Å². The average molecular weight is 320 g/mol. The van der Waals surface area contributed by atoms with Gasteiger partial charge < -0.3 is 9.88 Å². The number of carbonyl (C=O) groups is 1. The number of hydrogen-bond acceptors (Lipinski definition) is 4. The Labute approximate surface area is 138 Å². The second-order valence-corrected chi connectivity index (χ2v) is 5.99. The Morgan fingerprint density at radius 2 is 2.12 bits per heavy atom. The lowest BCUT2D eigenvalue weighted by Crippen LogP contribution is -2.30. The van der Waals surface area contributed by atoms with E-state index in [1.54, 1.807) is 11.9 Å². The Hall–Kier alpha value is -3.02. The average Bonchev–Trinajstić information content (AvgIpc) is 3.05. The van der Waals surface area contributed by atoms with Gasteiger partial charge in [-0.1, -0.05) is 24.3 Å². The van der Waals surface area contributed by atoms with Gasteiger partial charge in [0.2, 0.25) is 0 Å². The van der Waals surface area contributed by atoms with E-state index in [-0.39, 0.29) is 23.2 Å². The van der Waals surface area contributed by atoms with Crippen LogP contribution in [0.5, 0.6) is 0 Å². The van der Waals surface area contributed by atoms with E-state index in [0.29, 0.717) is 10.9 Å². The Balaban J connectivity index is 1.69. The lowest BCUT2D eigenvalue weighted by atomic mass is 10.1. The van der Waals surface area contributed by atoms with Crippen molar-refractivity contribution in [2.45, 2.75) is 18.9 Å². The Morgan fingerprint density at radius 3 is 3.00 bits per heavy atom. The molecule has 3 aromatic rings. The summed E-state index contributed by atoms with van der Waals surface area (Å²) in [6, 6.07) is 9.74. The van der Waals surface area contributed by atoms with E-state index >= 15 is 0 Å². The molecule has 1 aromatic carbocycles. The third kappa shape index (κ3) is 2.27. The zero-order valence-electron chi connectivity index (χ0n) is 13.2. The standard InChI is InChI=1S/C18H16N4O2/c1-22(16-7-6-11-4-2-3-5-12(11)16)18(24)14-8-13-15(9-19-14)20-10-21-17(13)23/h2-5,8-10,16H,6-7H2,1H3,(H,20,21,23).